The summed E-state index contributed by atoms with van der Waals surface area (Å²) in [5.74, 6) is 0. The van der Waals surface area contributed by atoms with Crippen molar-refractivity contribution < 1.29 is 8.42 Å². The maximum absolute atomic E-state index is 13.5. The molecule has 1 aliphatic heterocycles. The summed E-state index contributed by atoms with van der Waals surface area (Å²) in [4.78, 5) is 0. The first-order chi connectivity index (χ1) is 13.6. The highest BCUT2D eigenvalue weighted by Gasteiger charge is 2.31. The lowest BCUT2D eigenvalue weighted by atomic mass is 10.1. The third-order valence-corrected chi connectivity index (χ3v) is 6.97. The van der Waals surface area contributed by atoms with Crippen molar-refractivity contribution in [2.45, 2.75) is 31.5 Å². The molecule has 7 heteroatoms. The maximum atomic E-state index is 13.5. The largest absolute Gasteiger partial charge is 0.311 e. The first kappa shape index (κ1) is 18.7. The molecule has 0 atom stereocenters. The molecular formula is C21H24N4O2S. The van der Waals surface area contributed by atoms with Crippen molar-refractivity contribution >= 4 is 15.7 Å². The van der Waals surface area contributed by atoms with Gasteiger partial charge in [-0.15, -0.1) is 0 Å². The lowest BCUT2D eigenvalue weighted by Gasteiger charge is -2.25. The number of hydrogen-bond acceptors (Lipinski definition) is 4. The Labute approximate surface area is 165 Å². The van der Waals surface area contributed by atoms with Crippen LogP contribution in [-0.4, -0.2) is 31.3 Å². The second-order valence-corrected chi connectivity index (χ2v) is 8.76. The molecule has 0 aliphatic carbocycles. The van der Waals surface area contributed by atoms with Crippen molar-refractivity contribution in [3.8, 4) is 0 Å². The monoisotopic (exact) mass is 396 g/mol. The fourth-order valence-electron chi connectivity index (χ4n) is 3.61. The SMILES string of the molecule is Cc1cccc2c1CNCCN2S(=O)(=O)c1ccnn1CCc1ccccc1. The van der Waals surface area contributed by atoms with Gasteiger partial charge >= 0.3 is 0 Å². The Hall–Kier alpha value is -2.64. The third-order valence-electron chi connectivity index (χ3n) is 5.13. The molecule has 1 aliphatic rings. The fourth-order valence-corrected chi connectivity index (χ4v) is 5.24. The summed E-state index contributed by atoms with van der Waals surface area (Å²) in [5, 5.41) is 7.84. The smallest absolute Gasteiger partial charge is 0.281 e. The quantitative estimate of drug-likeness (QED) is 0.720. The summed E-state index contributed by atoms with van der Waals surface area (Å²) in [6.45, 7) is 4.19. The van der Waals surface area contributed by atoms with Gasteiger partial charge in [-0.1, -0.05) is 42.5 Å². The molecule has 6 nitrogen and oxygen atoms in total. The van der Waals surface area contributed by atoms with Crippen molar-refractivity contribution in [1.82, 2.24) is 15.1 Å². The minimum absolute atomic E-state index is 0.234. The van der Waals surface area contributed by atoms with E-state index in [1.165, 1.54) is 4.31 Å². The number of aromatic nitrogens is 2. The molecule has 0 amide bonds. The van der Waals surface area contributed by atoms with E-state index in [0.717, 1.165) is 28.8 Å². The molecular weight excluding hydrogens is 372 g/mol. The molecule has 146 valence electrons. The number of fused-ring (bicyclic) bond motifs is 1. The predicted molar refractivity (Wildman–Crippen MR) is 110 cm³/mol. The van der Waals surface area contributed by atoms with E-state index in [-0.39, 0.29) is 5.03 Å². The molecule has 0 unspecified atom stereocenters. The number of rotatable bonds is 5. The Kier molecular flexibility index (Phi) is 5.19. The molecule has 2 aromatic carbocycles. The van der Waals surface area contributed by atoms with Crippen molar-refractivity contribution in [2.75, 3.05) is 17.4 Å². The molecule has 4 rings (SSSR count). The number of nitrogens with zero attached hydrogens (tertiary/aromatic N) is 3. The summed E-state index contributed by atoms with van der Waals surface area (Å²) in [6.07, 6.45) is 2.29. The maximum Gasteiger partial charge on any atom is 0.281 e. The topological polar surface area (TPSA) is 67.2 Å². The zero-order chi connectivity index (χ0) is 19.6. The minimum atomic E-state index is -3.71. The second kappa shape index (κ2) is 7.77. The number of nitrogens with one attached hydrogen (secondary N) is 1. The lowest BCUT2D eigenvalue weighted by Crippen LogP contribution is -2.36. The van der Waals surface area contributed by atoms with E-state index in [0.29, 0.717) is 26.2 Å². The van der Waals surface area contributed by atoms with Gasteiger partial charge in [-0.25, -0.2) is 0 Å². The van der Waals surface area contributed by atoms with E-state index < -0.39 is 10.0 Å². The predicted octanol–water partition coefficient (Wildman–Crippen LogP) is 2.73. The van der Waals surface area contributed by atoms with Crippen LogP contribution < -0.4 is 9.62 Å². The van der Waals surface area contributed by atoms with Crippen LogP contribution in [0.25, 0.3) is 0 Å². The highest BCUT2D eigenvalue weighted by atomic mass is 32.2. The van der Waals surface area contributed by atoms with E-state index in [2.05, 4.69) is 10.4 Å². The molecule has 2 heterocycles. The molecule has 0 spiro atoms. The van der Waals surface area contributed by atoms with Gasteiger partial charge in [0.15, 0.2) is 5.03 Å². The molecule has 3 aromatic rings. The van der Waals surface area contributed by atoms with Crippen molar-refractivity contribution in [1.29, 1.82) is 0 Å². The van der Waals surface area contributed by atoms with Crippen LogP contribution in [0.4, 0.5) is 5.69 Å². The van der Waals surface area contributed by atoms with Crippen LogP contribution in [-0.2, 0) is 29.5 Å². The summed E-state index contributed by atoms with van der Waals surface area (Å²) in [7, 11) is -3.71. The van der Waals surface area contributed by atoms with Gasteiger partial charge in [0.25, 0.3) is 10.0 Å². The number of benzene rings is 2. The number of sulfonamides is 1. The van der Waals surface area contributed by atoms with Crippen LogP contribution in [0.2, 0.25) is 0 Å². The van der Waals surface area contributed by atoms with E-state index in [9.17, 15) is 8.42 Å². The molecule has 0 fully saturated rings. The van der Waals surface area contributed by atoms with E-state index in [4.69, 9.17) is 0 Å². The summed E-state index contributed by atoms with van der Waals surface area (Å²) in [5.41, 5.74) is 4.02. The van der Waals surface area contributed by atoms with Crippen molar-refractivity contribution in [3.63, 3.8) is 0 Å². The first-order valence-electron chi connectivity index (χ1n) is 9.45. The normalized spacial score (nSPS) is 14.5. The van der Waals surface area contributed by atoms with Crippen molar-refractivity contribution in [2.24, 2.45) is 0 Å². The van der Waals surface area contributed by atoms with Gasteiger partial charge in [-0.3, -0.25) is 8.99 Å². The molecule has 0 saturated heterocycles. The van der Waals surface area contributed by atoms with Gasteiger partial charge in [0, 0.05) is 26.2 Å². The fraction of sp³-hybridized carbons (Fsp3) is 0.286. The van der Waals surface area contributed by atoms with Gasteiger partial charge in [0.1, 0.15) is 0 Å². The van der Waals surface area contributed by atoms with Crippen LogP contribution in [0.3, 0.4) is 0 Å². The van der Waals surface area contributed by atoms with Gasteiger partial charge in [-0.2, -0.15) is 13.5 Å². The Morgan fingerprint density at radius 2 is 1.89 bits per heavy atom. The first-order valence-corrected chi connectivity index (χ1v) is 10.9. The third kappa shape index (κ3) is 3.55. The van der Waals surface area contributed by atoms with E-state index >= 15 is 0 Å². The molecule has 0 bridgehead atoms. The Morgan fingerprint density at radius 3 is 2.71 bits per heavy atom. The average Bonchev–Trinajstić information content (AvgIpc) is 3.07. The highest BCUT2D eigenvalue weighted by Crippen LogP contribution is 2.30. The lowest BCUT2D eigenvalue weighted by molar-refractivity contribution is 0.533. The van der Waals surface area contributed by atoms with E-state index in [1.54, 1.807) is 16.9 Å². The molecule has 1 aromatic heterocycles. The Morgan fingerprint density at radius 1 is 1.07 bits per heavy atom. The molecule has 1 N–H and O–H groups in total. The molecule has 0 radical (unpaired) electrons. The Balaban J connectivity index is 1.67. The summed E-state index contributed by atoms with van der Waals surface area (Å²) in [6, 6.07) is 17.4. The molecule has 28 heavy (non-hydrogen) atoms. The van der Waals surface area contributed by atoms with Gasteiger partial charge in [0.05, 0.1) is 11.9 Å². The minimum Gasteiger partial charge on any atom is -0.311 e. The van der Waals surface area contributed by atoms with Crippen LogP contribution in [0.15, 0.2) is 65.8 Å². The van der Waals surface area contributed by atoms with Crippen LogP contribution >= 0.6 is 0 Å². The number of hydrogen-bond donors (Lipinski definition) is 1. The molecule has 0 saturated carbocycles. The number of anilines is 1. The van der Waals surface area contributed by atoms with Gasteiger partial charge in [0.2, 0.25) is 0 Å². The van der Waals surface area contributed by atoms with Crippen molar-refractivity contribution in [3.05, 3.63) is 77.5 Å². The standard InChI is InChI=1S/C21H24N4O2S/c1-17-6-5-9-20-19(17)16-22-13-15-25(20)28(26,27)21-10-12-23-24(21)14-11-18-7-3-2-4-8-18/h2-10,12,22H,11,13-16H2,1H3. The zero-order valence-corrected chi connectivity index (χ0v) is 16.7. The van der Waals surface area contributed by atoms with Gasteiger partial charge in [-0.05, 0) is 42.2 Å². The summed E-state index contributed by atoms with van der Waals surface area (Å²) >= 11 is 0. The van der Waals surface area contributed by atoms with Crippen LogP contribution in [0.5, 0.6) is 0 Å². The van der Waals surface area contributed by atoms with Crippen LogP contribution in [0.1, 0.15) is 16.7 Å². The van der Waals surface area contributed by atoms with Gasteiger partial charge < -0.3 is 5.32 Å². The van der Waals surface area contributed by atoms with Crippen LogP contribution in [0, 0.1) is 6.92 Å². The zero-order valence-electron chi connectivity index (χ0n) is 15.9. The van der Waals surface area contributed by atoms with E-state index in [1.807, 2.05) is 55.5 Å². The Bertz CT molecular complexity index is 1060. The highest BCUT2D eigenvalue weighted by molar-refractivity contribution is 7.92. The average molecular weight is 397 g/mol. The summed E-state index contributed by atoms with van der Waals surface area (Å²) < 4.78 is 30.2. The number of aryl methyl sites for hydroxylation is 3. The second-order valence-electron chi connectivity index (χ2n) is 6.95.